The van der Waals surface area contributed by atoms with Crippen molar-refractivity contribution < 1.29 is 14.3 Å². The second kappa shape index (κ2) is 3.66. The van der Waals surface area contributed by atoms with Gasteiger partial charge in [0.1, 0.15) is 11.6 Å². The molecule has 0 fully saturated rings. The van der Waals surface area contributed by atoms with E-state index in [-0.39, 0.29) is 11.4 Å². The molecule has 68 valence electrons. The standard InChI is InChI=1S/C8H7FN2O2/c9-6-3-5(1-2-7(12)13)8(10)11-4-6/h1-4H,(H2,10,11)(H,12,13). The molecule has 0 radical (unpaired) electrons. The van der Waals surface area contributed by atoms with Crippen LogP contribution in [-0.2, 0) is 4.79 Å². The lowest BCUT2D eigenvalue weighted by Crippen LogP contribution is -1.95. The number of rotatable bonds is 2. The minimum atomic E-state index is -1.12. The Morgan fingerprint density at radius 2 is 2.38 bits per heavy atom. The topological polar surface area (TPSA) is 76.2 Å². The summed E-state index contributed by atoms with van der Waals surface area (Å²) in [4.78, 5) is 13.6. The van der Waals surface area contributed by atoms with E-state index in [9.17, 15) is 9.18 Å². The van der Waals surface area contributed by atoms with Crippen molar-refractivity contribution in [3.63, 3.8) is 0 Å². The summed E-state index contributed by atoms with van der Waals surface area (Å²) in [6.45, 7) is 0. The molecule has 0 saturated heterocycles. The number of nitrogens with zero attached hydrogens (tertiary/aromatic N) is 1. The smallest absolute Gasteiger partial charge is 0.328 e. The lowest BCUT2D eigenvalue weighted by molar-refractivity contribution is -0.131. The molecule has 0 bridgehead atoms. The molecule has 0 unspecified atom stereocenters. The number of aliphatic carboxylic acids is 1. The van der Waals surface area contributed by atoms with Crippen molar-refractivity contribution >= 4 is 17.9 Å². The number of carboxylic acid groups (broad SMARTS) is 1. The normalized spacial score (nSPS) is 10.5. The van der Waals surface area contributed by atoms with E-state index in [1.807, 2.05) is 0 Å². The van der Waals surface area contributed by atoms with Crippen molar-refractivity contribution in [3.05, 3.63) is 29.7 Å². The van der Waals surface area contributed by atoms with E-state index in [0.29, 0.717) is 0 Å². The fraction of sp³-hybridized carbons (Fsp3) is 0. The predicted molar refractivity (Wildman–Crippen MR) is 45.3 cm³/mol. The second-order valence-electron chi connectivity index (χ2n) is 2.30. The SMILES string of the molecule is Nc1ncc(F)cc1C=CC(=O)O. The minimum absolute atomic E-state index is 0.0962. The van der Waals surface area contributed by atoms with E-state index in [1.54, 1.807) is 0 Å². The zero-order valence-electron chi connectivity index (χ0n) is 6.57. The fourth-order valence-electron chi connectivity index (χ4n) is 0.760. The van der Waals surface area contributed by atoms with Crippen molar-refractivity contribution in [1.29, 1.82) is 0 Å². The molecule has 0 spiro atoms. The van der Waals surface area contributed by atoms with Gasteiger partial charge in [-0.2, -0.15) is 0 Å². The summed E-state index contributed by atoms with van der Waals surface area (Å²) in [7, 11) is 0. The Bertz CT molecular complexity index is 363. The van der Waals surface area contributed by atoms with Crippen LogP contribution in [0.2, 0.25) is 0 Å². The lowest BCUT2D eigenvalue weighted by atomic mass is 10.2. The zero-order chi connectivity index (χ0) is 9.84. The van der Waals surface area contributed by atoms with E-state index in [2.05, 4.69) is 4.98 Å². The summed E-state index contributed by atoms with van der Waals surface area (Å²) in [5.41, 5.74) is 5.61. The summed E-state index contributed by atoms with van der Waals surface area (Å²) in [6.07, 6.45) is 3.02. The molecule has 13 heavy (non-hydrogen) atoms. The van der Waals surface area contributed by atoms with Crippen LogP contribution >= 0.6 is 0 Å². The van der Waals surface area contributed by atoms with E-state index < -0.39 is 11.8 Å². The van der Waals surface area contributed by atoms with Gasteiger partial charge >= 0.3 is 5.97 Å². The van der Waals surface area contributed by atoms with Gasteiger partial charge in [0.25, 0.3) is 0 Å². The van der Waals surface area contributed by atoms with Crippen molar-refractivity contribution in [2.45, 2.75) is 0 Å². The van der Waals surface area contributed by atoms with Gasteiger partial charge in [0.15, 0.2) is 0 Å². The van der Waals surface area contributed by atoms with Crippen LogP contribution in [0, 0.1) is 5.82 Å². The molecule has 0 amide bonds. The molecule has 1 aromatic heterocycles. The highest BCUT2D eigenvalue weighted by molar-refractivity contribution is 5.86. The number of aromatic nitrogens is 1. The molecule has 5 heteroatoms. The number of halogens is 1. The molecule has 1 rings (SSSR count). The molecular weight excluding hydrogens is 175 g/mol. The monoisotopic (exact) mass is 182 g/mol. The number of carbonyl (C=O) groups is 1. The Morgan fingerprint density at radius 1 is 1.69 bits per heavy atom. The third-order valence-electron chi connectivity index (χ3n) is 1.32. The molecule has 3 N–H and O–H groups in total. The molecule has 0 aliphatic carbocycles. The van der Waals surface area contributed by atoms with Gasteiger partial charge in [-0.25, -0.2) is 14.2 Å². The number of anilines is 1. The highest BCUT2D eigenvalue weighted by Crippen LogP contribution is 2.11. The lowest BCUT2D eigenvalue weighted by Gasteiger charge is -1.97. The van der Waals surface area contributed by atoms with Gasteiger partial charge in [-0.3, -0.25) is 0 Å². The molecule has 1 aromatic rings. The molecule has 0 saturated carbocycles. The van der Waals surface area contributed by atoms with Gasteiger partial charge in [0.2, 0.25) is 0 Å². The molecule has 0 aliphatic rings. The van der Waals surface area contributed by atoms with Crippen molar-refractivity contribution in [2.24, 2.45) is 0 Å². The van der Waals surface area contributed by atoms with Crippen LogP contribution in [0.4, 0.5) is 10.2 Å². The predicted octanol–water partition coefficient (Wildman–Crippen LogP) is 0.901. The van der Waals surface area contributed by atoms with Crippen LogP contribution in [-0.4, -0.2) is 16.1 Å². The van der Waals surface area contributed by atoms with Gasteiger partial charge in [-0.1, -0.05) is 0 Å². The van der Waals surface area contributed by atoms with Crippen LogP contribution in [0.25, 0.3) is 6.08 Å². The van der Waals surface area contributed by atoms with E-state index in [0.717, 1.165) is 18.3 Å². The summed E-state index contributed by atoms with van der Waals surface area (Å²) in [5, 5.41) is 8.29. The largest absolute Gasteiger partial charge is 0.478 e. The first-order valence-electron chi connectivity index (χ1n) is 3.41. The molecular formula is C8H7FN2O2. The van der Waals surface area contributed by atoms with Crippen molar-refractivity contribution in [1.82, 2.24) is 4.98 Å². The highest BCUT2D eigenvalue weighted by atomic mass is 19.1. The average molecular weight is 182 g/mol. The highest BCUT2D eigenvalue weighted by Gasteiger charge is 1.99. The molecule has 0 aromatic carbocycles. The molecule has 1 heterocycles. The van der Waals surface area contributed by atoms with E-state index in [4.69, 9.17) is 10.8 Å². The first kappa shape index (κ1) is 9.18. The van der Waals surface area contributed by atoms with E-state index >= 15 is 0 Å². The maximum atomic E-state index is 12.6. The fourth-order valence-corrected chi connectivity index (χ4v) is 0.760. The van der Waals surface area contributed by atoms with Crippen molar-refractivity contribution in [3.8, 4) is 0 Å². The second-order valence-corrected chi connectivity index (χ2v) is 2.30. The Hall–Kier alpha value is -1.91. The summed E-state index contributed by atoms with van der Waals surface area (Å²) < 4.78 is 12.6. The first-order chi connectivity index (χ1) is 6.09. The summed E-state index contributed by atoms with van der Waals surface area (Å²) >= 11 is 0. The van der Waals surface area contributed by atoms with Gasteiger partial charge in [0, 0.05) is 11.6 Å². The first-order valence-corrected chi connectivity index (χ1v) is 3.41. The van der Waals surface area contributed by atoms with Crippen LogP contribution < -0.4 is 5.73 Å². The van der Waals surface area contributed by atoms with Gasteiger partial charge in [0.05, 0.1) is 6.20 Å². The van der Waals surface area contributed by atoms with Gasteiger partial charge < -0.3 is 10.8 Å². The Balaban J connectivity index is 3.00. The Morgan fingerprint density at radius 3 is 3.00 bits per heavy atom. The third kappa shape index (κ3) is 2.55. The third-order valence-corrected chi connectivity index (χ3v) is 1.32. The Kier molecular flexibility index (Phi) is 2.59. The minimum Gasteiger partial charge on any atom is -0.478 e. The van der Waals surface area contributed by atoms with Crippen LogP contribution in [0.1, 0.15) is 5.56 Å². The average Bonchev–Trinajstić information content (AvgIpc) is 2.06. The number of nitrogen functional groups attached to an aromatic ring is 1. The molecule has 0 aliphatic heterocycles. The number of hydrogen-bond donors (Lipinski definition) is 2. The number of carboxylic acids is 1. The quantitative estimate of drug-likeness (QED) is 0.666. The zero-order valence-corrected chi connectivity index (χ0v) is 6.57. The maximum Gasteiger partial charge on any atom is 0.328 e. The molecule has 4 nitrogen and oxygen atoms in total. The maximum absolute atomic E-state index is 12.6. The number of pyridine rings is 1. The van der Waals surface area contributed by atoms with Crippen LogP contribution in [0.3, 0.4) is 0 Å². The van der Waals surface area contributed by atoms with Crippen LogP contribution in [0.5, 0.6) is 0 Å². The van der Waals surface area contributed by atoms with Crippen LogP contribution in [0.15, 0.2) is 18.3 Å². The van der Waals surface area contributed by atoms with Crippen molar-refractivity contribution in [2.75, 3.05) is 5.73 Å². The number of nitrogens with two attached hydrogens (primary N) is 1. The van der Waals surface area contributed by atoms with E-state index in [1.165, 1.54) is 6.08 Å². The summed E-state index contributed by atoms with van der Waals surface area (Å²) in [5.74, 6) is -1.58. The van der Waals surface area contributed by atoms with Gasteiger partial charge in [-0.05, 0) is 12.1 Å². The molecule has 0 atom stereocenters. The summed E-state index contributed by atoms with van der Waals surface area (Å²) in [6, 6.07) is 1.11. The van der Waals surface area contributed by atoms with Gasteiger partial charge in [-0.15, -0.1) is 0 Å². The number of hydrogen-bond acceptors (Lipinski definition) is 3. The Labute approximate surface area is 73.5 Å².